The van der Waals surface area contributed by atoms with Crippen molar-refractivity contribution in [2.24, 2.45) is 0 Å². The number of hydrazine groups is 1. The molecule has 3 N–H and O–H groups in total. The van der Waals surface area contributed by atoms with E-state index in [0.717, 1.165) is 0 Å². The number of rotatable bonds is 8. The number of hydrogen-bond donors (Lipinski definition) is 3. The van der Waals surface area contributed by atoms with Crippen LogP contribution in [0.3, 0.4) is 0 Å². The summed E-state index contributed by atoms with van der Waals surface area (Å²) in [5.41, 5.74) is 5.72. The van der Waals surface area contributed by atoms with Crippen molar-refractivity contribution in [1.29, 1.82) is 0 Å². The highest BCUT2D eigenvalue weighted by Gasteiger charge is 2.10. The van der Waals surface area contributed by atoms with Crippen LogP contribution in [0.1, 0.15) is 27.6 Å². The smallest absolute Gasteiger partial charge is 0.269 e. The van der Waals surface area contributed by atoms with Gasteiger partial charge in [0.05, 0.1) is 13.7 Å². The van der Waals surface area contributed by atoms with Gasteiger partial charge in [-0.3, -0.25) is 25.8 Å². The lowest BCUT2D eigenvalue weighted by Crippen LogP contribution is -2.48. The summed E-state index contributed by atoms with van der Waals surface area (Å²) in [4.78, 5) is 24.3. The van der Waals surface area contributed by atoms with Gasteiger partial charge in [0.1, 0.15) is 18.1 Å². The van der Waals surface area contributed by atoms with E-state index in [-0.39, 0.29) is 5.11 Å². The van der Waals surface area contributed by atoms with E-state index in [1.54, 1.807) is 55.6 Å². The Labute approximate surface area is 174 Å². The highest BCUT2D eigenvalue weighted by Crippen LogP contribution is 2.12. The van der Waals surface area contributed by atoms with Crippen LogP contribution < -0.4 is 25.6 Å². The fraction of sp³-hybridized carbons (Fsp3) is 0.250. The molecule has 154 valence electrons. The minimum atomic E-state index is -0.415. The molecule has 29 heavy (non-hydrogen) atoms. The van der Waals surface area contributed by atoms with Crippen molar-refractivity contribution < 1.29 is 23.8 Å². The van der Waals surface area contributed by atoms with Gasteiger partial charge in [0.2, 0.25) is 0 Å². The number of carbonyl (C=O) groups is 2. The van der Waals surface area contributed by atoms with E-state index in [1.807, 2.05) is 6.92 Å². The van der Waals surface area contributed by atoms with Crippen LogP contribution >= 0.6 is 12.2 Å². The van der Waals surface area contributed by atoms with E-state index >= 15 is 0 Å². The lowest BCUT2D eigenvalue weighted by molar-refractivity contribution is 0.0934. The number of thiocarbonyl (C=S) groups is 1. The largest absolute Gasteiger partial charge is 0.497 e. The molecule has 2 aromatic carbocycles. The van der Waals surface area contributed by atoms with E-state index in [0.29, 0.717) is 42.4 Å². The topological polar surface area (TPSA) is 97.9 Å². The van der Waals surface area contributed by atoms with Gasteiger partial charge < -0.3 is 14.2 Å². The molecule has 0 aliphatic rings. The fourth-order valence-corrected chi connectivity index (χ4v) is 2.34. The quantitative estimate of drug-likeness (QED) is 0.344. The summed E-state index contributed by atoms with van der Waals surface area (Å²) in [7, 11) is 1.54. The zero-order valence-electron chi connectivity index (χ0n) is 16.2. The van der Waals surface area contributed by atoms with Crippen LogP contribution in [0.25, 0.3) is 0 Å². The highest BCUT2D eigenvalue weighted by molar-refractivity contribution is 7.80. The minimum Gasteiger partial charge on any atom is -0.497 e. The summed E-state index contributed by atoms with van der Waals surface area (Å²) in [6.45, 7) is 3.48. The number of methoxy groups -OCH3 is 1. The number of benzene rings is 2. The molecule has 0 radical (unpaired) electrons. The first kappa shape index (κ1) is 22.1. The first-order valence-corrected chi connectivity index (χ1v) is 9.30. The molecule has 0 fully saturated rings. The van der Waals surface area contributed by atoms with Gasteiger partial charge >= 0.3 is 0 Å². The second kappa shape index (κ2) is 11.6. The Morgan fingerprint density at radius 2 is 1.45 bits per heavy atom. The number of amides is 2. The van der Waals surface area contributed by atoms with Gasteiger partial charge in [-0.2, -0.15) is 0 Å². The number of nitrogens with one attached hydrogen (secondary N) is 3. The Morgan fingerprint density at radius 3 is 2.03 bits per heavy atom. The van der Waals surface area contributed by atoms with Gasteiger partial charge in [-0.05, 0) is 67.7 Å². The first-order valence-electron chi connectivity index (χ1n) is 8.89. The van der Waals surface area contributed by atoms with Crippen molar-refractivity contribution in [3.8, 4) is 11.5 Å². The third-order valence-corrected chi connectivity index (χ3v) is 3.89. The third-order valence-electron chi connectivity index (χ3n) is 3.69. The Hall–Kier alpha value is -3.17. The van der Waals surface area contributed by atoms with Crippen LogP contribution in [0.2, 0.25) is 0 Å². The molecular weight excluding hydrogens is 394 g/mol. The van der Waals surface area contributed by atoms with Crippen LogP contribution in [0, 0.1) is 0 Å². The van der Waals surface area contributed by atoms with Crippen molar-refractivity contribution in [2.45, 2.75) is 6.92 Å². The summed E-state index contributed by atoms with van der Waals surface area (Å²) in [5.74, 6) is 0.455. The van der Waals surface area contributed by atoms with E-state index in [1.165, 1.54) is 0 Å². The standard InChI is InChI=1S/C20H23N3O5S/c1-3-27-12-13-28-17-10-6-14(7-11-17)18(24)21-20(29)23-22-19(25)15-4-8-16(26-2)9-5-15/h4-11H,3,12-13H2,1-2H3,(H,22,25)(H2,21,23,24,29). The predicted molar refractivity (Wildman–Crippen MR) is 112 cm³/mol. The van der Waals surface area contributed by atoms with Crippen LogP contribution in [0.15, 0.2) is 48.5 Å². The molecule has 0 atom stereocenters. The van der Waals surface area contributed by atoms with Crippen LogP contribution in [0.5, 0.6) is 11.5 Å². The molecule has 2 aromatic rings. The van der Waals surface area contributed by atoms with Crippen molar-refractivity contribution in [2.75, 3.05) is 26.9 Å². The molecule has 2 rings (SSSR count). The van der Waals surface area contributed by atoms with Crippen molar-refractivity contribution >= 4 is 29.1 Å². The Kier molecular flexibility index (Phi) is 8.87. The van der Waals surface area contributed by atoms with Crippen LogP contribution in [0.4, 0.5) is 0 Å². The van der Waals surface area contributed by atoms with E-state index < -0.39 is 11.8 Å². The predicted octanol–water partition coefficient (Wildman–Crippen LogP) is 2.06. The normalized spacial score (nSPS) is 10.0. The number of ether oxygens (including phenoxy) is 3. The van der Waals surface area contributed by atoms with Crippen molar-refractivity contribution in [3.63, 3.8) is 0 Å². The zero-order chi connectivity index (χ0) is 21.1. The number of hydrogen-bond acceptors (Lipinski definition) is 6. The minimum absolute atomic E-state index is 0.0334. The second-order valence-electron chi connectivity index (χ2n) is 5.66. The maximum absolute atomic E-state index is 12.2. The zero-order valence-corrected chi connectivity index (χ0v) is 17.0. The SMILES string of the molecule is CCOCCOc1ccc(C(=O)NC(=S)NNC(=O)c2ccc(OC)cc2)cc1. The highest BCUT2D eigenvalue weighted by atomic mass is 32.1. The van der Waals surface area contributed by atoms with Gasteiger partial charge in [-0.25, -0.2) is 0 Å². The average molecular weight is 417 g/mol. The van der Waals surface area contributed by atoms with Crippen LogP contribution in [-0.4, -0.2) is 43.9 Å². The molecule has 8 nitrogen and oxygen atoms in total. The lowest BCUT2D eigenvalue weighted by atomic mass is 10.2. The molecule has 2 amide bonds. The number of carbonyl (C=O) groups excluding carboxylic acids is 2. The Bertz CT molecular complexity index is 825. The molecular formula is C20H23N3O5S. The third kappa shape index (κ3) is 7.40. The van der Waals surface area contributed by atoms with Gasteiger partial charge in [0, 0.05) is 17.7 Å². The molecule has 0 saturated heterocycles. The van der Waals surface area contributed by atoms with Crippen molar-refractivity contribution in [1.82, 2.24) is 16.2 Å². The van der Waals surface area contributed by atoms with E-state index in [2.05, 4.69) is 16.2 Å². The van der Waals surface area contributed by atoms with Gasteiger partial charge in [0.15, 0.2) is 5.11 Å². The summed E-state index contributed by atoms with van der Waals surface area (Å²) in [6.07, 6.45) is 0. The molecule has 0 saturated carbocycles. The monoisotopic (exact) mass is 417 g/mol. The van der Waals surface area contributed by atoms with Gasteiger partial charge in [-0.15, -0.1) is 0 Å². The van der Waals surface area contributed by atoms with Gasteiger partial charge in [0.25, 0.3) is 11.8 Å². The Balaban J connectivity index is 1.77. The average Bonchev–Trinajstić information content (AvgIpc) is 2.75. The summed E-state index contributed by atoms with van der Waals surface area (Å²) < 4.78 is 15.7. The Morgan fingerprint density at radius 1 is 0.862 bits per heavy atom. The maximum atomic E-state index is 12.2. The fourth-order valence-electron chi connectivity index (χ4n) is 2.20. The molecule has 0 bridgehead atoms. The summed E-state index contributed by atoms with van der Waals surface area (Å²) >= 11 is 5.03. The van der Waals surface area contributed by atoms with E-state index in [4.69, 9.17) is 26.4 Å². The molecule has 0 spiro atoms. The maximum Gasteiger partial charge on any atom is 0.269 e. The van der Waals surface area contributed by atoms with Gasteiger partial charge in [-0.1, -0.05) is 0 Å². The lowest BCUT2D eigenvalue weighted by Gasteiger charge is -2.11. The molecule has 9 heteroatoms. The molecule has 0 heterocycles. The first-order chi connectivity index (χ1) is 14.0. The van der Waals surface area contributed by atoms with Crippen LogP contribution in [-0.2, 0) is 4.74 Å². The van der Waals surface area contributed by atoms with E-state index in [9.17, 15) is 9.59 Å². The van der Waals surface area contributed by atoms with Crippen molar-refractivity contribution in [3.05, 3.63) is 59.7 Å². The summed E-state index contributed by atoms with van der Waals surface area (Å²) in [6, 6.07) is 13.1. The molecule has 0 unspecified atom stereocenters. The molecule has 0 aliphatic carbocycles. The second-order valence-corrected chi connectivity index (χ2v) is 6.07. The molecule has 0 aliphatic heterocycles. The molecule has 0 aromatic heterocycles. The summed E-state index contributed by atoms with van der Waals surface area (Å²) in [5, 5.41) is 2.45.